The Morgan fingerprint density at radius 1 is 1.11 bits per heavy atom. The molecule has 2 aromatic heterocycles. The molecule has 0 spiro atoms. The van der Waals surface area contributed by atoms with Gasteiger partial charge in [-0.2, -0.15) is 5.10 Å². The summed E-state index contributed by atoms with van der Waals surface area (Å²) < 4.78 is 18.4. The van der Waals surface area contributed by atoms with Crippen LogP contribution in [-0.2, 0) is 0 Å². The predicted molar refractivity (Wildman–Crippen MR) is 102 cm³/mol. The van der Waals surface area contributed by atoms with Gasteiger partial charge >= 0.3 is 0 Å². The van der Waals surface area contributed by atoms with E-state index in [4.69, 9.17) is 19.2 Å². The summed E-state index contributed by atoms with van der Waals surface area (Å²) in [4.78, 5) is 4.95. The third-order valence-electron chi connectivity index (χ3n) is 4.73. The Morgan fingerprint density at radius 2 is 2.04 bits per heavy atom. The van der Waals surface area contributed by atoms with E-state index in [1.54, 1.807) is 13.3 Å². The first-order valence-corrected chi connectivity index (χ1v) is 8.63. The molecule has 1 aliphatic rings. The predicted octanol–water partition coefficient (Wildman–Crippen LogP) is 4.13. The van der Waals surface area contributed by atoms with Gasteiger partial charge in [-0.3, -0.25) is 0 Å². The van der Waals surface area contributed by atoms with E-state index in [-0.39, 0.29) is 6.79 Å². The number of para-hydroxylation sites is 1. The Morgan fingerprint density at radius 3 is 2.85 bits per heavy atom. The molecule has 6 heteroatoms. The van der Waals surface area contributed by atoms with Gasteiger partial charge < -0.3 is 14.2 Å². The molecule has 3 heterocycles. The van der Waals surface area contributed by atoms with E-state index < -0.39 is 0 Å². The summed E-state index contributed by atoms with van der Waals surface area (Å²) in [6, 6.07) is 14.0. The zero-order valence-corrected chi connectivity index (χ0v) is 15.0. The van der Waals surface area contributed by atoms with Crippen LogP contribution in [0, 0.1) is 6.92 Å². The summed E-state index contributed by atoms with van der Waals surface area (Å²) in [5.41, 5.74) is 4.73. The van der Waals surface area contributed by atoms with Gasteiger partial charge in [0, 0.05) is 23.3 Å². The van der Waals surface area contributed by atoms with Gasteiger partial charge in [-0.05, 0) is 42.8 Å². The van der Waals surface area contributed by atoms with E-state index >= 15 is 0 Å². The Bertz CT molecular complexity index is 1150. The van der Waals surface area contributed by atoms with Crippen molar-refractivity contribution in [2.45, 2.75) is 6.92 Å². The molecule has 0 bridgehead atoms. The van der Waals surface area contributed by atoms with Crippen molar-refractivity contribution >= 4 is 10.9 Å². The smallest absolute Gasteiger partial charge is 0.231 e. The van der Waals surface area contributed by atoms with Crippen molar-refractivity contribution in [3.63, 3.8) is 0 Å². The molecule has 0 saturated carbocycles. The maximum absolute atomic E-state index is 5.56. The molecule has 0 fully saturated rings. The lowest BCUT2D eigenvalue weighted by atomic mass is 10.0. The lowest BCUT2D eigenvalue weighted by Crippen LogP contribution is -1.99. The summed E-state index contributed by atoms with van der Waals surface area (Å²) in [5, 5.41) is 5.46. The first-order valence-electron chi connectivity index (χ1n) is 8.63. The van der Waals surface area contributed by atoms with Crippen LogP contribution in [0.3, 0.4) is 0 Å². The van der Waals surface area contributed by atoms with Crippen molar-refractivity contribution in [1.82, 2.24) is 14.8 Å². The Hall–Kier alpha value is -3.54. The number of methoxy groups -OCH3 is 1. The summed E-state index contributed by atoms with van der Waals surface area (Å²) >= 11 is 0. The van der Waals surface area contributed by atoms with Crippen molar-refractivity contribution in [2.75, 3.05) is 13.9 Å². The molecule has 1 aliphatic heterocycles. The lowest BCUT2D eigenvalue weighted by molar-refractivity contribution is 0.171. The van der Waals surface area contributed by atoms with Crippen LogP contribution in [0.1, 0.15) is 5.56 Å². The summed E-state index contributed by atoms with van der Waals surface area (Å²) in [7, 11) is 1.62. The van der Waals surface area contributed by atoms with E-state index in [0.29, 0.717) is 17.2 Å². The number of benzene rings is 2. The SMILES string of the molecule is COc1cc(-c2cc(C)c3cccc(-n4cccn4)c3n2)cc2c1OCO2. The monoisotopic (exact) mass is 359 g/mol. The van der Waals surface area contributed by atoms with E-state index in [0.717, 1.165) is 33.4 Å². The van der Waals surface area contributed by atoms with Crippen LogP contribution >= 0.6 is 0 Å². The van der Waals surface area contributed by atoms with Crippen LogP contribution in [0.2, 0.25) is 0 Å². The van der Waals surface area contributed by atoms with Gasteiger partial charge in [-0.25, -0.2) is 9.67 Å². The van der Waals surface area contributed by atoms with Crippen molar-refractivity contribution in [2.24, 2.45) is 0 Å². The molecule has 6 nitrogen and oxygen atoms in total. The van der Waals surface area contributed by atoms with Gasteiger partial charge in [0.25, 0.3) is 0 Å². The van der Waals surface area contributed by atoms with E-state index in [1.807, 2.05) is 41.2 Å². The summed E-state index contributed by atoms with van der Waals surface area (Å²) in [5.74, 6) is 1.94. The molecule has 0 unspecified atom stereocenters. The molecule has 0 aliphatic carbocycles. The van der Waals surface area contributed by atoms with Crippen LogP contribution < -0.4 is 14.2 Å². The maximum Gasteiger partial charge on any atom is 0.231 e. The highest BCUT2D eigenvalue weighted by Crippen LogP contribution is 2.44. The van der Waals surface area contributed by atoms with Crippen molar-refractivity contribution in [3.05, 3.63) is 60.4 Å². The number of hydrogen-bond donors (Lipinski definition) is 0. The molecular formula is C21H17N3O3. The second-order valence-electron chi connectivity index (χ2n) is 6.36. The van der Waals surface area contributed by atoms with Gasteiger partial charge in [0.1, 0.15) is 0 Å². The lowest BCUT2D eigenvalue weighted by Gasteiger charge is -2.12. The molecule has 0 saturated heterocycles. The minimum absolute atomic E-state index is 0.197. The standard InChI is InChI=1S/C21H17N3O3/c1-13-9-16(14-10-18(25-2)21-19(11-14)26-12-27-21)23-20-15(13)5-3-6-17(20)24-8-4-7-22-24/h3-11H,12H2,1-2H3. The zero-order chi connectivity index (χ0) is 18.4. The van der Waals surface area contributed by atoms with Crippen molar-refractivity contribution in [1.29, 1.82) is 0 Å². The van der Waals surface area contributed by atoms with Crippen LogP contribution in [0.5, 0.6) is 17.2 Å². The number of hydrogen-bond acceptors (Lipinski definition) is 5. The number of aryl methyl sites for hydroxylation is 1. The fourth-order valence-corrected chi connectivity index (χ4v) is 3.42. The summed E-state index contributed by atoms with van der Waals surface area (Å²) in [6.45, 7) is 2.29. The first-order chi connectivity index (χ1) is 13.2. The van der Waals surface area contributed by atoms with Gasteiger partial charge in [-0.1, -0.05) is 12.1 Å². The average molecular weight is 359 g/mol. The van der Waals surface area contributed by atoms with Gasteiger partial charge in [0.2, 0.25) is 12.5 Å². The Kier molecular flexibility index (Phi) is 3.50. The molecule has 0 amide bonds. The van der Waals surface area contributed by atoms with Gasteiger partial charge in [0.15, 0.2) is 11.5 Å². The highest BCUT2D eigenvalue weighted by molar-refractivity contribution is 5.91. The molecule has 0 atom stereocenters. The fourth-order valence-electron chi connectivity index (χ4n) is 3.42. The molecule has 0 radical (unpaired) electrons. The van der Waals surface area contributed by atoms with Crippen LogP contribution in [0.4, 0.5) is 0 Å². The fraction of sp³-hybridized carbons (Fsp3) is 0.143. The van der Waals surface area contributed by atoms with Crippen molar-refractivity contribution < 1.29 is 14.2 Å². The molecule has 2 aromatic carbocycles. The zero-order valence-electron chi connectivity index (χ0n) is 15.0. The average Bonchev–Trinajstić information content (AvgIpc) is 3.38. The molecule has 0 N–H and O–H groups in total. The van der Waals surface area contributed by atoms with Crippen LogP contribution in [-0.4, -0.2) is 28.7 Å². The Balaban J connectivity index is 1.75. The van der Waals surface area contributed by atoms with Gasteiger partial charge in [0.05, 0.1) is 24.0 Å². The number of ether oxygens (including phenoxy) is 3. The Labute approximate surface area is 155 Å². The number of rotatable bonds is 3. The van der Waals surface area contributed by atoms with Gasteiger partial charge in [-0.15, -0.1) is 0 Å². The normalized spacial score (nSPS) is 12.5. The first kappa shape index (κ1) is 15.7. The van der Waals surface area contributed by atoms with Crippen LogP contribution in [0.15, 0.2) is 54.9 Å². The molecular weight excluding hydrogens is 342 g/mol. The largest absolute Gasteiger partial charge is 0.493 e. The minimum Gasteiger partial charge on any atom is -0.493 e. The quantitative estimate of drug-likeness (QED) is 0.550. The third-order valence-corrected chi connectivity index (χ3v) is 4.73. The molecule has 134 valence electrons. The number of nitrogens with zero attached hydrogens (tertiary/aromatic N) is 3. The number of pyridine rings is 1. The maximum atomic E-state index is 5.56. The molecule has 4 aromatic rings. The van der Waals surface area contributed by atoms with E-state index in [2.05, 4.69) is 24.2 Å². The summed E-state index contributed by atoms with van der Waals surface area (Å²) in [6.07, 6.45) is 3.68. The highest BCUT2D eigenvalue weighted by Gasteiger charge is 2.21. The van der Waals surface area contributed by atoms with E-state index in [1.165, 1.54) is 0 Å². The van der Waals surface area contributed by atoms with Crippen molar-refractivity contribution in [3.8, 4) is 34.2 Å². The number of fused-ring (bicyclic) bond motifs is 2. The minimum atomic E-state index is 0.197. The van der Waals surface area contributed by atoms with E-state index in [9.17, 15) is 0 Å². The highest BCUT2D eigenvalue weighted by atomic mass is 16.7. The van der Waals surface area contributed by atoms with Crippen LogP contribution in [0.25, 0.3) is 27.8 Å². The second-order valence-corrected chi connectivity index (χ2v) is 6.36. The third kappa shape index (κ3) is 2.49. The second kappa shape index (κ2) is 6.02. The molecule has 27 heavy (non-hydrogen) atoms. The topological polar surface area (TPSA) is 58.4 Å². The molecule has 5 rings (SSSR count). The number of aromatic nitrogens is 3.